The van der Waals surface area contributed by atoms with Gasteiger partial charge in [-0.25, -0.2) is 0 Å². The highest BCUT2D eigenvalue weighted by Gasteiger charge is 2.41. The maximum absolute atomic E-state index is 9.20. The average Bonchev–Trinajstić information content (AvgIpc) is 2.08. The van der Waals surface area contributed by atoms with E-state index in [0.717, 1.165) is 0 Å². The SMILES string of the molecule is Cl.[15NH2][C@@H]1[C@@H](O)[C@H](O)[C@@H](CO)O[C@@H]1O. The quantitative estimate of drug-likeness (QED) is 0.302. The van der Waals surface area contributed by atoms with Crippen LogP contribution < -0.4 is 5.73 Å². The second-order valence-electron chi connectivity index (χ2n) is 2.81. The molecule has 7 heteroatoms. The predicted octanol–water partition coefficient (Wildman–Crippen LogP) is -2.83. The van der Waals surface area contributed by atoms with Crippen molar-refractivity contribution in [2.24, 2.45) is 5.73 Å². The van der Waals surface area contributed by atoms with Crippen LogP contribution in [0.3, 0.4) is 0 Å². The van der Waals surface area contributed by atoms with Crippen molar-refractivity contribution in [3.05, 3.63) is 0 Å². The summed E-state index contributed by atoms with van der Waals surface area (Å²) >= 11 is 0. The van der Waals surface area contributed by atoms with Crippen LogP contribution in [0.1, 0.15) is 0 Å². The molecule has 0 bridgehead atoms. The fourth-order valence-electron chi connectivity index (χ4n) is 1.12. The van der Waals surface area contributed by atoms with Crippen LogP contribution in [0, 0.1) is 0 Å². The molecule has 6 N–H and O–H groups in total. The molecule has 1 rings (SSSR count). The average molecular weight is 217 g/mol. The second kappa shape index (κ2) is 5.06. The lowest BCUT2D eigenvalue weighted by atomic mass is 9.99. The van der Waals surface area contributed by atoms with E-state index < -0.39 is 37.3 Å². The van der Waals surface area contributed by atoms with Crippen molar-refractivity contribution in [3.63, 3.8) is 0 Å². The van der Waals surface area contributed by atoms with E-state index >= 15 is 0 Å². The molecule has 0 unspecified atom stereocenters. The Morgan fingerprint density at radius 3 is 2.15 bits per heavy atom. The smallest absolute Gasteiger partial charge is 0.173 e. The summed E-state index contributed by atoms with van der Waals surface area (Å²) in [5.74, 6) is 0. The summed E-state index contributed by atoms with van der Waals surface area (Å²) in [4.78, 5) is 0. The van der Waals surface area contributed by atoms with Crippen molar-refractivity contribution < 1.29 is 25.2 Å². The van der Waals surface area contributed by atoms with Gasteiger partial charge in [0.1, 0.15) is 18.3 Å². The van der Waals surface area contributed by atoms with Gasteiger partial charge in [0.2, 0.25) is 0 Å². The minimum absolute atomic E-state index is 0. The first kappa shape index (κ1) is 13.1. The molecule has 0 aromatic heterocycles. The lowest BCUT2D eigenvalue weighted by Gasteiger charge is -2.38. The van der Waals surface area contributed by atoms with Gasteiger partial charge in [0.15, 0.2) is 6.29 Å². The Bertz CT molecular complexity index is 155. The monoisotopic (exact) mass is 216 g/mol. The molecule has 0 aromatic rings. The van der Waals surface area contributed by atoms with Crippen molar-refractivity contribution in [2.45, 2.75) is 30.6 Å². The normalized spacial score (nSPS) is 45.5. The molecule has 0 saturated carbocycles. The maximum Gasteiger partial charge on any atom is 0.173 e. The van der Waals surface area contributed by atoms with Gasteiger partial charge in [-0.15, -0.1) is 12.4 Å². The highest BCUT2D eigenvalue weighted by Crippen LogP contribution is 2.17. The minimum atomic E-state index is -1.35. The highest BCUT2D eigenvalue weighted by atomic mass is 35.5. The van der Waals surface area contributed by atoms with Crippen LogP contribution in [-0.4, -0.2) is 57.7 Å². The lowest BCUT2D eigenvalue weighted by molar-refractivity contribution is -0.248. The Balaban J connectivity index is 0.00000144. The molecule has 13 heavy (non-hydrogen) atoms. The highest BCUT2D eigenvalue weighted by molar-refractivity contribution is 5.85. The molecule has 0 aliphatic carbocycles. The molecule has 0 spiro atoms. The van der Waals surface area contributed by atoms with Gasteiger partial charge in [0.05, 0.1) is 12.6 Å². The summed E-state index contributed by atoms with van der Waals surface area (Å²) < 4.78 is 4.70. The van der Waals surface area contributed by atoms with Crippen LogP contribution in [0.5, 0.6) is 0 Å². The number of nitrogens with two attached hydrogens (primary N) is 1. The predicted molar refractivity (Wildman–Crippen MR) is 45.2 cm³/mol. The first-order valence-corrected chi connectivity index (χ1v) is 3.64. The third-order valence-electron chi connectivity index (χ3n) is 1.95. The molecule has 6 nitrogen and oxygen atoms in total. The number of rotatable bonds is 1. The number of aliphatic hydroxyl groups excluding tert-OH is 4. The van der Waals surface area contributed by atoms with Gasteiger partial charge < -0.3 is 30.9 Å². The molecule has 1 fully saturated rings. The van der Waals surface area contributed by atoms with Crippen LogP contribution in [-0.2, 0) is 4.74 Å². The summed E-state index contributed by atoms with van der Waals surface area (Å²) in [6, 6.07) is -1.04. The number of hydrogen-bond donors (Lipinski definition) is 5. The fourth-order valence-corrected chi connectivity index (χ4v) is 1.12. The van der Waals surface area contributed by atoms with E-state index in [9.17, 15) is 10.2 Å². The summed E-state index contributed by atoms with van der Waals surface area (Å²) in [5, 5.41) is 36.1. The van der Waals surface area contributed by atoms with Crippen molar-refractivity contribution >= 4 is 12.4 Å². The van der Waals surface area contributed by atoms with E-state index in [2.05, 4.69) is 0 Å². The molecule has 5 atom stereocenters. The molecule has 0 amide bonds. The number of aliphatic hydroxyl groups is 4. The van der Waals surface area contributed by atoms with Gasteiger partial charge in [-0.3, -0.25) is 0 Å². The zero-order valence-corrected chi connectivity index (χ0v) is 7.59. The second-order valence-corrected chi connectivity index (χ2v) is 2.81. The van der Waals surface area contributed by atoms with Gasteiger partial charge in [-0.2, -0.15) is 0 Å². The molecule has 0 radical (unpaired) electrons. The lowest BCUT2D eigenvalue weighted by Crippen LogP contribution is -2.61. The Morgan fingerprint density at radius 2 is 1.69 bits per heavy atom. The topological polar surface area (TPSA) is 116 Å². The molecular formula is C6H14ClNO5. The summed E-state index contributed by atoms with van der Waals surface area (Å²) in [5.41, 5.74) is 5.26. The first-order valence-electron chi connectivity index (χ1n) is 3.64. The summed E-state index contributed by atoms with van der Waals surface area (Å²) in [6.45, 7) is -0.470. The van der Waals surface area contributed by atoms with Crippen LogP contribution in [0.2, 0.25) is 0 Å². The largest absolute Gasteiger partial charge is 0.394 e. The standard InChI is InChI=1S/C6H13NO5.ClH/c7-3-5(10)4(9)2(1-8)12-6(3)11;/h2-6,8-11H,1,7H2;1H/t2-,3-,4-,5-,6+;/m1./s1/i7+1;. The molecule has 1 saturated heterocycles. The van der Waals surface area contributed by atoms with Gasteiger partial charge >= 0.3 is 0 Å². The zero-order valence-electron chi connectivity index (χ0n) is 6.78. The summed E-state index contributed by atoms with van der Waals surface area (Å²) in [6.07, 6.45) is -4.85. The number of hydrogen-bond acceptors (Lipinski definition) is 6. The van der Waals surface area contributed by atoms with Crippen molar-refractivity contribution in [1.82, 2.24) is 0 Å². The molecule has 0 aromatic carbocycles. The molecule has 1 heterocycles. The van der Waals surface area contributed by atoms with Crippen LogP contribution in [0.25, 0.3) is 0 Å². The molecule has 80 valence electrons. The number of ether oxygens (including phenoxy) is 1. The molecule has 1 aliphatic heterocycles. The Hall–Kier alpha value is 0.0500. The van der Waals surface area contributed by atoms with E-state index in [1.165, 1.54) is 0 Å². The third kappa shape index (κ3) is 2.50. The maximum atomic E-state index is 9.20. The van der Waals surface area contributed by atoms with Crippen molar-refractivity contribution in [1.29, 1.82) is 0 Å². The Morgan fingerprint density at radius 1 is 1.15 bits per heavy atom. The fraction of sp³-hybridized carbons (Fsp3) is 1.00. The summed E-state index contributed by atoms with van der Waals surface area (Å²) in [7, 11) is 0. The van der Waals surface area contributed by atoms with Crippen molar-refractivity contribution in [3.8, 4) is 0 Å². The van der Waals surface area contributed by atoms with E-state index in [4.69, 9.17) is 20.7 Å². The Labute approximate surface area is 81.3 Å². The first-order chi connectivity index (χ1) is 5.57. The van der Waals surface area contributed by atoms with Crippen molar-refractivity contribution in [2.75, 3.05) is 6.61 Å². The Kier molecular flexibility index (Phi) is 5.08. The van der Waals surface area contributed by atoms with Gasteiger partial charge in [-0.1, -0.05) is 0 Å². The zero-order chi connectivity index (χ0) is 9.30. The van der Waals surface area contributed by atoms with Crippen LogP contribution >= 0.6 is 12.4 Å². The van der Waals surface area contributed by atoms with E-state index in [0.29, 0.717) is 0 Å². The van der Waals surface area contributed by atoms with Gasteiger partial charge in [0.25, 0.3) is 0 Å². The minimum Gasteiger partial charge on any atom is -0.394 e. The van der Waals surface area contributed by atoms with Gasteiger partial charge in [0, 0.05) is 0 Å². The van der Waals surface area contributed by atoms with Crippen LogP contribution in [0.4, 0.5) is 0 Å². The van der Waals surface area contributed by atoms with Gasteiger partial charge in [-0.05, 0) is 0 Å². The molecule has 1 aliphatic rings. The third-order valence-corrected chi connectivity index (χ3v) is 1.95. The van der Waals surface area contributed by atoms with Crippen LogP contribution in [0.15, 0.2) is 0 Å². The number of halogens is 1. The van der Waals surface area contributed by atoms with E-state index in [-0.39, 0.29) is 12.4 Å². The van der Waals surface area contributed by atoms with E-state index in [1.807, 2.05) is 0 Å². The molecular weight excluding hydrogens is 203 g/mol. The van der Waals surface area contributed by atoms with E-state index in [1.54, 1.807) is 0 Å².